The molecule has 0 radical (unpaired) electrons. The molecule has 7 heteroatoms. The van der Waals surface area contributed by atoms with Crippen molar-refractivity contribution in [3.05, 3.63) is 30.3 Å². The standard InChI is InChI=1S/C17H28N4O2.HI/c1-14(2)12-19-17(20-13-16(22)21(3)4)18-10-11-23-15-8-6-5-7-9-15;/h5-9,14H,10-13H2,1-4H3,(H2,18,19,20);1H. The van der Waals surface area contributed by atoms with Crippen molar-refractivity contribution in [1.29, 1.82) is 0 Å². The van der Waals surface area contributed by atoms with E-state index in [-0.39, 0.29) is 36.4 Å². The quantitative estimate of drug-likeness (QED) is 0.276. The number of nitrogens with zero attached hydrogens (tertiary/aromatic N) is 2. The Bertz CT molecular complexity index is 493. The summed E-state index contributed by atoms with van der Waals surface area (Å²) in [5.41, 5.74) is 0. The van der Waals surface area contributed by atoms with E-state index < -0.39 is 0 Å². The fourth-order valence-corrected chi connectivity index (χ4v) is 1.62. The van der Waals surface area contributed by atoms with Crippen LogP contribution in [-0.4, -0.2) is 57.1 Å². The predicted molar refractivity (Wildman–Crippen MR) is 109 cm³/mol. The Labute approximate surface area is 162 Å². The van der Waals surface area contributed by atoms with Gasteiger partial charge in [0, 0.05) is 20.6 Å². The molecule has 0 aromatic heterocycles. The Kier molecular flexibility index (Phi) is 12.0. The Balaban J connectivity index is 0.00000529. The van der Waals surface area contributed by atoms with Crippen LogP contribution < -0.4 is 15.4 Å². The van der Waals surface area contributed by atoms with Gasteiger partial charge in [-0.25, -0.2) is 4.99 Å². The second-order valence-electron chi connectivity index (χ2n) is 5.82. The zero-order valence-corrected chi connectivity index (χ0v) is 17.2. The van der Waals surface area contributed by atoms with Crippen molar-refractivity contribution < 1.29 is 9.53 Å². The van der Waals surface area contributed by atoms with Gasteiger partial charge in [-0.3, -0.25) is 4.79 Å². The van der Waals surface area contributed by atoms with Gasteiger partial charge in [0.2, 0.25) is 5.91 Å². The number of carbonyl (C=O) groups is 1. The number of para-hydroxylation sites is 1. The van der Waals surface area contributed by atoms with Gasteiger partial charge < -0.3 is 20.3 Å². The van der Waals surface area contributed by atoms with Gasteiger partial charge in [-0.05, 0) is 18.1 Å². The van der Waals surface area contributed by atoms with Crippen molar-refractivity contribution in [1.82, 2.24) is 15.5 Å². The van der Waals surface area contributed by atoms with Crippen LogP contribution in [-0.2, 0) is 4.79 Å². The Morgan fingerprint density at radius 3 is 2.46 bits per heavy atom. The number of hydrogen-bond donors (Lipinski definition) is 2. The molecule has 0 unspecified atom stereocenters. The third kappa shape index (κ3) is 10.3. The van der Waals surface area contributed by atoms with E-state index in [9.17, 15) is 4.79 Å². The monoisotopic (exact) mass is 448 g/mol. The van der Waals surface area contributed by atoms with Gasteiger partial charge in [0.05, 0.1) is 6.54 Å². The van der Waals surface area contributed by atoms with Crippen LogP contribution in [0.2, 0.25) is 0 Å². The first kappa shape index (κ1) is 22.5. The Morgan fingerprint density at radius 2 is 1.88 bits per heavy atom. The number of guanidine groups is 1. The summed E-state index contributed by atoms with van der Waals surface area (Å²) in [6.45, 7) is 6.28. The van der Waals surface area contributed by atoms with Gasteiger partial charge >= 0.3 is 0 Å². The number of rotatable bonds is 8. The SMILES string of the molecule is CC(C)CNC(=NCC(=O)N(C)C)NCCOc1ccccc1.I. The molecule has 6 nitrogen and oxygen atoms in total. The average Bonchev–Trinajstić information content (AvgIpc) is 2.53. The van der Waals surface area contributed by atoms with E-state index in [0.717, 1.165) is 12.3 Å². The van der Waals surface area contributed by atoms with Gasteiger partial charge in [-0.1, -0.05) is 32.0 Å². The highest BCUT2D eigenvalue weighted by Gasteiger charge is 2.05. The molecule has 0 aliphatic carbocycles. The number of halogens is 1. The normalized spacial score (nSPS) is 10.8. The third-order valence-corrected chi connectivity index (χ3v) is 2.96. The molecule has 0 saturated heterocycles. The molecule has 0 aliphatic rings. The highest BCUT2D eigenvalue weighted by molar-refractivity contribution is 14.0. The maximum absolute atomic E-state index is 11.6. The summed E-state index contributed by atoms with van der Waals surface area (Å²) in [7, 11) is 3.44. The van der Waals surface area contributed by atoms with E-state index in [2.05, 4.69) is 29.5 Å². The topological polar surface area (TPSA) is 66.0 Å². The van der Waals surface area contributed by atoms with E-state index >= 15 is 0 Å². The molecule has 0 atom stereocenters. The van der Waals surface area contributed by atoms with E-state index in [4.69, 9.17) is 4.74 Å². The fraction of sp³-hybridized carbons (Fsp3) is 0.529. The lowest BCUT2D eigenvalue weighted by Gasteiger charge is -2.15. The van der Waals surface area contributed by atoms with Crippen molar-refractivity contribution in [2.75, 3.05) is 40.3 Å². The highest BCUT2D eigenvalue weighted by Crippen LogP contribution is 2.07. The van der Waals surface area contributed by atoms with E-state index in [0.29, 0.717) is 25.0 Å². The summed E-state index contributed by atoms with van der Waals surface area (Å²) in [4.78, 5) is 17.5. The van der Waals surface area contributed by atoms with Crippen LogP contribution in [0.5, 0.6) is 5.75 Å². The average molecular weight is 448 g/mol. The first-order valence-corrected chi connectivity index (χ1v) is 7.89. The molecule has 0 fully saturated rings. The second kappa shape index (κ2) is 12.9. The van der Waals surface area contributed by atoms with Gasteiger partial charge in [0.15, 0.2) is 5.96 Å². The number of amides is 1. The lowest BCUT2D eigenvalue weighted by atomic mass is 10.2. The van der Waals surface area contributed by atoms with Crippen LogP contribution in [0, 0.1) is 5.92 Å². The molecule has 0 spiro atoms. The number of ether oxygens (including phenoxy) is 1. The van der Waals surface area contributed by atoms with Crippen LogP contribution in [0.4, 0.5) is 0 Å². The number of likely N-dealkylation sites (N-methyl/N-ethyl adjacent to an activating group) is 1. The minimum Gasteiger partial charge on any atom is -0.492 e. The van der Waals surface area contributed by atoms with Crippen molar-refractivity contribution in [2.45, 2.75) is 13.8 Å². The summed E-state index contributed by atoms with van der Waals surface area (Å²) in [6.07, 6.45) is 0. The fourth-order valence-electron chi connectivity index (χ4n) is 1.62. The van der Waals surface area contributed by atoms with Crippen LogP contribution in [0.25, 0.3) is 0 Å². The Morgan fingerprint density at radius 1 is 1.21 bits per heavy atom. The third-order valence-electron chi connectivity index (χ3n) is 2.96. The number of aliphatic imine (C=N–C) groups is 1. The molecule has 1 aromatic rings. The summed E-state index contributed by atoms with van der Waals surface area (Å²) >= 11 is 0. The molecular weight excluding hydrogens is 419 g/mol. The summed E-state index contributed by atoms with van der Waals surface area (Å²) in [6, 6.07) is 9.66. The molecule has 0 bridgehead atoms. The summed E-state index contributed by atoms with van der Waals surface area (Å²) in [5.74, 6) is 1.93. The van der Waals surface area contributed by atoms with Crippen molar-refractivity contribution in [3.8, 4) is 5.75 Å². The van der Waals surface area contributed by atoms with Crippen molar-refractivity contribution in [3.63, 3.8) is 0 Å². The largest absolute Gasteiger partial charge is 0.492 e. The van der Waals surface area contributed by atoms with E-state index in [1.807, 2.05) is 30.3 Å². The molecule has 0 saturated carbocycles. The first-order valence-electron chi connectivity index (χ1n) is 7.89. The van der Waals surface area contributed by atoms with Crippen LogP contribution in [0.15, 0.2) is 35.3 Å². The number of carbonyl (C=O) groups excluding carboxylic acids is 1. The van der Waals surface area contributed by atoms with Crippen LogP contribution in [0.1, 0.15) is 13.8 Å². The first-order chi connectivity index (χ1) is 11.0. The van der Waals surface area contributed by atoms with Gasteiger partial charge in [-0.15, -0.1) is 24.0 Å². The Hall–Kier alpha value is -1.51. The van der Waals surface area contributed by atoms with Gasteiger partial charge in [0.25, 0.3) is 0 Å². The second-order valence-corrected chi connectivity index (χ2v) is 5.82. The molecule has 0 heterocycles. The minimum atomic E-state index is -0.0313. The van der Waals surface area contributed by atoms with Gasteiger partial charge in [-0.2, -0.15) is 0 Å². The maximum Gasteiger partial charge on any atom is 0.243 e. The zero-order valence-electron chi connectivity index (χ0n) is 14.9. The van der Waals surface area contributed by atoms with E-state index in [1.54, 1.807) is 14.1 Å². The molecule has 1 aromatic carbocycles. The number of benzene rings is 1. The molecule has 2 N–H and O–H groups in total. The molecule has 1 amide bonds. The molecule has 0 aliphatic heterocycles. The molecule has 24 heavy (non-hydrogen) atoms. The maximum atomic E-state index is 11.6. The van der Waals surface area contributed by atoms with Crippen molar-refractivity contribution >= 4 is 35.8 Å². The smallest absolute Gasteiger partial charge is 0.243 e. The number of hydrogen-bond acceptors (Lipinski definition) is 3. The highest BCUT2D eigenvalue weighted by atomic mass is 127. The zero-order chi connectivity index (χ0) is 17.1. The summed E-state index contributed by atoms with van der Waals surface area (Å²) in [5, 5.41) is 6.41. The van der Waals surface area contributed by atoms with Crippen LogP contribution >= 0.6 is 24.0 Å². The van der Waals surface area contributed by atoms with E-state index in [1.165, 1.54) is 4.90 Å². The van der Waals surface area contributed by atoms with Crippen LogP contribution in [0.3, 0.4) is 0 Å². The molecule has 1 rings (SSSR count). The predicted octanol–water partition coefficient (Wildman–Crippen LogP) is 1.96. The molecular formula is C17H29IN4O2. The lowest BCUT2D eigenvalue weighted by molar-refractivity contribution is -0.127. The van der Waals surface area contributed by atoms with Crippen molar-refractivity contribution in [2.24, 2.45) is 10.9 Å². The number of nitrogens with one attached hydrogen (secondary N) is 2. The lowest BCUT2D eigenvalue weighted by Crippen LogP contribution is -2.41. The van der Waals surface area contributed by atoms with Gasteiger partial charge in [0.1, 0.15) is 18.9 Å². The summed E-state index contributed by atoms with van der Waals surface area (Å²) < 4.78 is 5.63. The molecule has 136 valence electrons. The minimum absolute atomic E-state index is 0.